The minimum absolute atomic E-state index is 0.134. The number of carbonyl (C=O) groups is 1. The largest absolute Gasteiger partial charge is 0.496 e. The van der Waals surface area contributed by atoms with E-state index in [9.17, 15) is 9.90 Å². The number of hydrogen-bond donors (Lipinski definition) is 1. The molecule has 1 aliphatic rings. The molecule has 0 aliphatic carbocycles. The number of aliphatic hydroxyl groups is 1. The molecule has 7 nitrogen and oxygen atoms in total. The number of nitrogens with zero attached hydrogens (tertiary/aromatic N) is 4. The molecule has 2 heterocycles. The lowest BCUT2D eigenvalue weighted by Gasteiger charge is -2.22. The van der Waals surface area contributed by atoms with E-state index in [4.69, 9.17) is 21.4 Å². The molecule has 0 radical (unpaired) electrons. The van der Waals surface area contributed by atoms with Gasteiger partial charge in [0.1, 0.15) is 17.0 Å². The zero-order valence-electron chi connectivity index (χ0n) is 17.3. The Hall–Kier alpha value is -1.74. The van der Waals surface area contributed by atoms with Gasteiger partial charge in [-0.15, -0.1) is 0 Å². The summed E-state index contributed by atoms with van der Waals surface area (Å²) in [5, 5.41) is 16.1. The summed E-state index contributed by atoms with van der Waals surface area (Å²) < 4.78 is 7.07. The van der Waals surface area contributed by atoms with Gasteiger partial charge in [-0.2, -0.15) is 10.1 Å². The average Bonchev–Trinajstić information content (AvgIpc) is 3.20. The van der Waals surface area contributed by atoms with Crippen LogP contribution in [0.25, 0.3) is 0 Å². The van der Waals surface area contributed by atoms with Gasteiger partial charge in [-0.1, -0.05) is 43.7 Å². The molecule has 1 aromatic heterocycles. The molecule has 1 aliphatic heterocycles. The lowest BCUT2D eigenvalue weighted by Crippen LogP contribution is -2.37. The van der Waals surface area contributed by atoms with Crippen molar-refractivity contribution in [1.29, 1.82) is 0 Å². The van der Waals surface area contributed by atoms with Crippen molar-refractivity contribution in [3.8, 4) is 5.75 Å². The normalized spacial score (nSPS) is 21.0. The van der Waals surface area contributed by atoms with E-state index in [1.54, 1.807) is 22.9 Å². The molecule has 2 atom stereocenters. The molecule has 2 aromatic rings. The third-order valence-corrected chi connectivity index (χ3v) is 6.65. The van der Waals surface area contributed by atoms with Crippen molar-refractivity contribution in [2.24, 2.45) is 4.99 Å². The summed E-state index contributed by atoms with van der Waals surface area (Å²) in [6.45, 7) is 6.78. The van der Waals surface area contributed by atoms with Crippen LogP contribution in [0.2, 0.25) is 5.02 Å². The van der Waals surface area contributed by atoms with Crippen LogP contribution in [0.3, 0.4) is 0 Å². The molecule has 1 amide bonds. The fourth-order valence-corrected chi connectivity index (χ4v) is 4.36. The number of methoxy groups -OCH3 is 1. The van der Waals surface area contributed by atoms with Gasteiger partial charge in [0.05, 0.1) is 19.2 Å². The van der Waals surface area contributed by atoms with Gasteiger partial charge < -0.3 is 9.84 Å². The predicted molar refractivity (Wildman–Crippen MR) is 113 cm³/mol. The van der Waals surface area contributed by atoms with Crippen LogP contribution < -0.4 is 9.54 Å². The van der Waals surface area contributed by atoms with Crippen molar-refractivity contribution in [1.82, 2.24) is 14.7 Å². The van der Waals surface area contributed by atoms with Crippen molar-refractivity contribution in [3.63, 3.8) is 0 Å². The van der Waals surface area contributed by atoms with Crippen molar-refractivity contribution >= 4 is 28.8 Å². The molecular weight excluding hydrogens is 412 g/mol. The molecule has 0 spiro atoms. The minimum atomic E-state index is -0.445. The van der Waals surface area contributed by atoms with Crippen molar-refractivity contribution in [2.75, 3.05) is 14.2 Å². The number of halogens is 1. The van der Waals surface area contributed by atoms with Gasteiger partial charge >= 0.3 is 0 Å². The monoisotopic (exact) mass is 438 g/mol. The molecule has 1 fully saturated rings. The van der Waals surface area contributed by atoms with Gasteiger partial charge in [-0.25, -0.2) is 4.68 Å². The number of rotatable bonds is 4. The Balaban J connectivity index is 2.02. The van der Waals surface area contributed by atoms with Crippen molar-refractivity contribution in [3.05, 3.63) is 38.6 Å². The quantitative estimate of drug-likeness (QED) is 0.793. The van der Waals surface area contributed by atoms with Gasteiger partial charge in [-0.3, -0.25) is 9.69 Å². The first-order chi connectivity index (χ1) is 13.6. The molecule has 158 valence electrons. The van der Waals surface area contributed by atoms with E-state index in [0.717, 1.165) is 17.8 Å². The predicted octanol–water partition coefficient (Wildman–Crippen LogP) is 3.06. The Labute approximate surface area is 179 Å². The number of benzene rings is 1. The number of ether oxygens (including phenoxy) is 1. The van der Waals surface area contributed by atoms with E-state index in [1.807, 2.05) is 11.9 Å². The molecule has 1 saturated heterocycles. The summed E-state index contributed by atoms with van der Waals surface area (Å²) in [5.74, 6) is -0.00377. The number of aromatic nitrogens is 2. The summed E-state index contributed by atoms with van der Waals surface area (Å²) in [7, 11) is 3.41. The highest BCUT2D eigenvalue weighted by atomic mass is 35.5. The van der Waals surface area contributed by atoms with E-state index >= 15 is 0 Å². The Morgan fingerprint density at radius 3 is 2.72 bits per heavy atom. The zero-order valence-corrected chi connectivity index (χ0v) is 18.9. The van der Waals surface area contributed by atoms with E-state index in [1.165, 1.54) is 18.4 Å². The maximum Gasteiger partial charge on any atom is 0.283 e. The van der Waals surface area contributed by atoms with E-state index in [0.29, 0.717) is 27.7 Å². The minimum Gasteiger partial charge on any atom is -0.496 e. The first kappa shape index (κ1) is 22.0. The van der Waals surface area contributed by atoms with Crippen LogP contribution in [0.4, 0.5) is 0 Å². The van der Waals surface area contributed by atoms with Crippen LogP contribution in [0.15, 0.2) is 23.2 Å². The zero-order chi connectivity index (χ0) is 21.3. The van der Waals surface area contributed by atoms with Gasteiger partial charge in [0.15, 0.2) is 0 Å². The third kappa shape index (κ3) is 4.88. The third-order valence-electron chi connectivity index (χ3n) is 5.04. The van der Waals surface area contributed by atoms with Crippen LogP contribution in [0, 0.1) is 0 Å². The van der Waals surface area contributed by atoms with Gasteiger partial charge in [0.2, 0.25) is 4.80 Å². The highest BCUT2D eigenvalue weighted by Gasteiger charge is 2.30. The first-order valence-corrected chi connectivity index (χ1v) is 10.7. The molecule has 9 heteroatoms. The van der Waals surface area contributed by atoms with Crippen LogP contribution in [0.5, 0.6) is 5.75 Å². The Morgan fingerprint density at radius 1 is 1.41 bits per heavy atom. The lowest BCUT2D eigenvalue weighted by molar-refractivity contribution is 0.0333. The van der Waals surface area contributed by atoms with Crippen molar-refractivity contribution in [2.45, 2.75) is 57.8 Å². The second kappa shape index (κ2) is 8.55. The standard InChI is InChI=1S/C20H27ClN4O3S/c1-20(2,3)18-23-25(11-13-7-9-16(26)24(13)4)19(29-18)22-17(27)14-10-12(21)6-8-15(14)28-5/h6,8,10,13,16,26H,7,9,11H2,1-5H3/t13-,16-/m0/s1. The number of likely N-dealkylation sites (tertiary alicyclic amines) is 1. The van der Waals surface area contributed by atoms with Gasteiger partial charge in [0.25, 0.3) is 5.91 Å². The van der Waals surface area contributed by atoms with Gasteiger partial charge in [0, 0.05) is 16.5 Å². The lowest BCUT2D eigenvalue weighted by atomic mass is 9.98. The number of likely N-dealkylation sites (N-methyl/N-ethyl adjacent to an activating group) is 1. The first-order valence-electron chi connectivity index (χ1n) is 9.51. The summed E-state index contributed by atoms with van der Waals surface area (Å²) >= 11 is 7.47. The summed E-state index contributed by atoms with van der Waals surface area (Å²) in [6, 6.07) is 5.02. The summed E-state index contributed by atoms with van der Waals surface area (Å²) in [4.78, 5) is 19.7. The van der Waals surface area contributed by atoms with Gasteiger partial charge in [-0.05, 0) is 38.1 Å². The maximum absolute atomic E-state index is 12.9. The SMILES string of the molecule is COc1ccc(Cl)cc1C(=O)N=c1sc(C(C)(C)C)nn1C[C@@H]1CC[C@H](O)N1C. The fourth-order valence-electron chi connectivity index (χ4n) is 3.22. The Bertz CT molecular complexity index is 963. The number of aliphatic hydroxyl groups excluding tert-OH is 1. The van der Waals surface area contributed by atoms with Crippen molar-refractivity contribution < 1.29 is 14.6 Å². The topological polar surface area (TPSA) is 79.9 Å². The fraction of sp³-hybridized carbons (Fsp3) is 0.550. The molecule has 0 bridgehead atoms. The van der Waals surface area contributed by atoms with Crippen LogP contribution in [-0.4, -0.2) is 52.1 Å². The second-order valence-electron chi connectivity index (χ2n) is 8.26. The molecule has 0 saturated carbocycles. The Morgan fingerprint density at radius 2 is 2.14 bits per heavy atom. The smallest absolute Gasteiger partial charge is 0.283 e. The molecular formula is C20H27ClN4O3S. The molecule has 3 rings (SSSR count). The highest BCUT2D eigenvalue weighted by molar-refractivity contribution is 7.09. The maximum atomic E-state index is 12.9. The molecule has 29 heavy (non-hydrogen) atoms. The van der Waals surface area contributed by atoms with E-state index in [2.05, 4.69) is 25.8 Å². The Kier molecular flexibility index (Phi) is 6.48. The average molecular weight is 439 g/mol. The van der Waals surface area contributed by atoms with Crippen LogP contribution >= 0.6 is 22.9 Å². The number of amides is 1. The van der Waals surface area contributed by atoms with Crippen LogP contribution in [0.1, 0.15) is 49.0 Å². The molecule has 1 N–H and O–H groups in total. The highest BCUT2D eigenvalue weighted by Crippen LogP contribution is 2.26. The molecule has 0 unspecified atom stereocenters. The van der Waals surface area contributed by atoms with E-state index < -0.39 is 12.1 Å². The second-order valence-corrected chi connectivity index (χ2v) is 9.65. The summed E-state index contributed by atoms with van der Waals surface area (Å²) in [5.41, 5.74) is 0.142. The van der Waals surface area contributed by atoms with Crippen LogP contribution in [-0.2, 0) is 12.0 Å². The summed E-state index contributed by atoms with van der Waals surface area (Å²) in [6.07, 6.45) is 1.14. The van der Waals surface area contributed by atoms with E-state index in [-0.39, 0.29) is 11.5 Å². The molecule has 1 aromatic carbocycles. The number of carbonyl (C=O) groups excluding carboxylic acids is 1. The number of hydrogen-bond acceptors (Lipinski definition) is 6.